The van der Waals surface area contributed by atoms with Gasteiger partial charge in [-0.15, -0.1) is 0 Å². The van der Waals surface area contributed by atoms with Crippen molar-refractivity contribution < 1.29 is 14.3 Å². The van der Waals surface area contributed by atoms with Crippen molar-refractivity contribution >= 4 is 44.6 Å². The van der Waals surface area contributed by atoms with E-state index < -0.39 is 11.7 Å². The van der Waals surface area contributed by atoms with Crippen LogP contribution in [0.1, 0.15) is 26.3 Å². The number of halogens is 2. The Morgan fingerprint density at radius 1 is 1.27 bits per heavy atom. The van der Waals surface area contributed by atoms with E-state index in [9.17, 15) is 4.79 Å². The van der Waals surface area contributed by atoms with Crippen LogP contribution in [0.3, 0.4) is 0 Å². The SMILES string of the molecule is CC(C)(C)OC(=O)N[C@H](COc1cncc(Br)c1)Cc1ccc(I)cc1. The number of benzene rings is 1. The lowest BCUT2D eigenvalue weighted by Gasteiger charge is -2.24. The largest absolute Gasteiger partial charge is 0.490 e. The molecule has 140 valence electrons. The Bertz CT molecular complexity index is 732. The first-order chi connectivity index (χ1) is 12.2. The van der Waals surface area contributed by atoms with Crippen LogP contribution in [0.4, 0.5) is 4.79 Å². The summed E-state index contributed by atoms with van der Waals surface area (Å²) < 4.78 is 13.2. The van der Waals surface area contributed by atoms with Gasteiger partial charge in [0.25, 0.3) is 0 Å². The highest BCUT2D eigenvalue weighted by Crippen LogP contribution is 2.17. The van der Waals surface area contributed by atoms with E-state index in [1.807, 2.05) is 51.1 Å². The van der Waals surface area contributed by atoms with Crippen molar-refractivity contribution in [1.82, 2.24) is 10.3 Å². The molecule has 0 radical (unpaired) electrons. The number of hydrogen-bond acceptors (Lipinski definition) is 4. The second-order valence-electron chi connectivity index (χ2n) is 6.82. The quantitative estimate of drug-likeness (QED) is 0.534. The molecule has 0 aliphatic heterocycles. The molecular formula is C19H22BrIN2O3. The molecule has 0 aliphatic carbocycles. The lowest BCUT2D eigenvalue weighted by molar-refractivity contribution is 0.0487. The summed E-state index contributed by atoms with van der Waals surface area (Å²) in [6.45, 7) is 5.82. The molecule has 0 saturated carbocycles. The van der Waals surface area contributed by atoms with Crippen molar-refractivity contribution in [3.05, 3.63) is 56.3 Å². The van der Waals surface area contributed by atoms with E-state index in [2.05, 4.69) is 48.8 Å². The van der Waals surface area contributed by atoms with E-state index in [4.69, 9.17) is 9.47 Å². The van der Waals surface area contributed by atoms with Crippen LogP contribution >= 0.6 is 38.5 Å². The van der Waals surface area contributed by atoms with Gasteiger partial charge >= 0.3 is 6.09 Å². The lowest BCUT2D eigenvalue weighted by Crippen LogP contribution is -2.43. The Morgan fingerprint density at radius 2 is 1.96 bits per heavy atom. The van der Waals surface area contributed by atoms with Crippen LogP contribution in [-0.4, -0.2) is 29.3 Å². The van der Waals surface area contributed by atoms with Gasteiger partial charge in [-0.2, -0.15) is 0 Å². The standard InChI is InChI=1S/C19H22BrIN2O3/c1-19(2,3)26-18(24)23-16(8-13-4-6-15(21)7-5-13)12-25-17-9-14(20)10-22-11-17/h4-7,9-11,16H,8,12H2,1-3H3,(H,23,24)/t16-/m0/s1. The minimum Gasteiger partial charge on any atom is -0.490 e. The zero-order chi connectivity index (χ0) is 19.2. The summed E-state index contributed by atoms with van der Waals surface area (Å²) in [6.07, 6.45) is 3.51. The Kier molecular flexibility index (Phi) is 7.69. The molecule has 0 unspecified atom stereocenters. The van der Waals surface area contributed by atoms with Crippen molar-refractivity contribution in [2.75, 3.05) is 6.61 Å². The normalized spacial score (nSPS) is 12.3. The fraction of sp³-hybridized carbons (Fsp3) is 0.368. The van der Waals surface area contributed by atoms with Gasteiger partial charge in [-0.25, -0.2) is 4.79 Å². The molecule has 1 heterocycles. The van der Waals surface area contributed by atoms with Crippen LogP contribution < -0.4 is 10.1 Å². The van der Waals surface area contributed by atoms with Gasteiger partial charge in [0.1, 0.15) is 18.0 Å². The van der Waals surface area contributed by atoms with Gasteiger partial charge < -0.3 is 14.8 Å². The second kappa shape index (κ2) is 9.55. The van der Waals surface area contributed by atoms with E-state index in [1.54, 1.807) is 12.4 Å². The Hall–Kier alpha value is -1.35. The van der Waals surface area contributed by atoms with E-state index in [0.29, 0.717) is 18.8 Å². The number of hydrogen-bond donors (Lipinski definition) is 1. The molecule has 2 rings (SSSR count). The molecule has 0 aliphatic rings. The first kappa shape index (κ1) is 21.0. The number of nitrogens with zero attached hydrogens (tertiary/aromatic N) is 1. The van der Waals surface area contributed by atoms with Crippen LogP contribution in [0.5, 0.6) is 5.75 Å². The zero-order valence-corrected chi connectivity index (χ0v) is 18.7. The highest BCUT2D eigenvalue weighted by molar-refractivity contribution is 14.1. The maximum atomic E-state index is 12.2. The molecule has 1 aromatic carbocycles. The number of alkyl carbamates (subject to hydrolysis) is 1. The fourth-order valence-corrected chi connectivity index (χ4v) is 2.90. The Balaban J connectivity index is 2.04. The van der Waals surface area contributed by atoms with Crippen LogP contribution in [-0.2, 0) is 11.2 Å². The van der Waals surface area contributed by atoms with E-state index >= 15 is 0 Å². The molecule has 0 fully saturated rings. The number of rotatable bonds is 6. The molecule has 0 saturated heterocycles. The first-order valence-corrected chi connectivity index (χ1v) is 10.1. The Labute approximate surface area is 176 Å². The third-order valence-electron chi connectivity index (χ3n) is 3.25. The van der Waals surface area contributed by atoms with Gasteiger partial charge in [0.2, 0.25) is 0 Å². The second-order valence-corrected chi connectivity index (χ2v) is 8.98. The van der Waals surface area contributed by atoms with Crippen molar-refractivity contribution in [1.29, 1.82) is 0 Å². The van der Waals surface area contributed by atoms with Gasteiger partial charge in [-0.3, -0.25) is 4.98 Å². The van der Waals surface area contributed by atoms with Gasteiger partial charge in [-0.1, -0.05) is 12.1 Å². The van der Waals surface area contributed by atoms with Crippen LogP contribution in [0.25, 0.3) is 0 Å². The highest BCUT2D eigenvalue weighted by atomic mass is 127. The smallest absolute Gasteiger partial charge is 0.408 e. The number of carbonyl (C=O) groups excluding carboxylic acids is 1. The van der Waals surface area contributed by atoms with Crippen molar-refractivity contribution in [3.8, 4) is 5.75 Å². The number of aromatic nitrogens is 1. The summed E-state index contributed by atoms with van der Waals surface area (Å²) in [5.74, 6) is 0.637. The van der Waals surface area contributed by atoms with Gasteiger partial charge in [0, 0.05) is 14.2 Å². The molecule has 1 N–H and O–H groups in total. The molecular weight excluding hydrogens is 511 g/mol. The predicted molar refractivity (Wildman–Crippen MR) is 113 cm³/mol. The minimum atomic E-state index is -0.549. The summed E-state index contributed by atoms with van der Waals surface area (Å²) in [6, 6.07) is 9.78. The molecule has 1 amide bonds. The van der Waals surface area contributed by atoms with E-state index in [1.165, 1.54) is 3.57 Å². The summed E-state index contributed by atoms with van der Waals surface area (Å²) >= 11 is 5.64. The third kappa shape index (κ3) is 7.90. The van der Waals surface area contributed by atoms with E-state index in [0.717, 1.165) is 10.0 Å². The van der Waals surface area contributed by atoms with Crippen LogP contribution in [0, 0.1) is 3.57 Å². The van der Waals surface area contributed by atoms with Crippen molar-refractivity contribution in [2.24, 2.45) is 0 Å². The fourth-order valence-electron chi connectivity index (χ4n) is 2.20. The summed E-state index contributed by atoms with van der Waals surface area (Å²) in [4.78, 5) is 16.2. The molecule has 7 heteroatoms. The topological polar surface area (TPSA) is 60.5 Å². The monoisotopic (exact) mass is 532 g/mol. The van der Waals surface area contributed by atoms with Gasteiger partial charge in [-0.05, 0) is 89.5 Å². The third-order valence-corrected chi connectivity index (χ3v) is 4.40. The lowest BCUT2D eigenvalue weighted by atomic mass is 10.1. The molecule has 2 aromatic rings. The summed E-state index contributed by atoms with van der Waals surface area (Å²) in [5, 5.41) is 2.90. The Morgan fingerprint density at radius 3 is 2.58 bits per heavy atom. The number of nitrogens with one attached hydrogen (secondary N) is 1. The molecule has 1 atom stereocenters. The van der Waals surface area contributed by atoms with Crippen molar-refractivity contribution in [2.45, 2.75) is 38.8 Å². The average Bonchev–Trinajstić information content (AvgIpc) is 2.53. The van der Waals surface area contributed by atoms with Crippen LogP contribution in [0.2, 0.25) is 0 Å². The van der Waals surface area contributed by atoms with Gasteiger partial charge in [0.05, 0.1) is 12.2 Å². The molecule has 5 nitrogen and oxygen atoms in total. The number of pyridine rings is 1. The molecule has 26 heavy (non-hydrogen) atoms. The summed E-state index contributed by atoms with van der Waals surface area (Å²) in [7, 11) is 0. The first-order valence-electron chi connectivity index (χ1n) is 8.18. The van der Waals surface area contributed by atoms with E-state index in [-0.39, 0.29) is 6.04 Å². The number of carbonyl (C=O) groups is 1. The van der Waals surface area contributed by atoms with Gasteiger partial charge in [0.15, 0.2) is 0 Å². The predicted octanol–water partition coefficient (Wildman–Crippen LogP) is 4.96. The van der Waals surface area contributed by atoms with Crippen molar-refractivity contribution in [3.63, 3.8) is 0 Å². The van der Waals surface area contributed by atoms with Crippen LogP contribution in [0.15, 0.2) is 47.2 Å². The highest BCUT2D eigenvalue weighted by Gasteiger charge is 2.20. The summed E-state index contributed by atoms with van der Waals surface area (Å²) in [5.41, 5.74) is 0.564. The zero-order valence-electron chi connectivity index (χ0n) is 15.0. The average molecular weight is 533 g/mol. The number of ether oxygens (including phenoxy) is 2. The maximum Gasteiger partial charge on any atom is 0.408 e. The maximum absolute atomic E-state index is 12.2. The molecule has 1 aromatic heterocycles. The molecule has 0 bridgehead atoms. The molecule has 0 spiro atoms. The number of amides is 1. The minimum absolute atomic E-state index is 0.233.